The van der Waals surface area contributed by atoms with E-state index >= 15 is 0 Å². The van der Waals surface area contributed by atoms with Crippen molar-refractivity contribution in [3.8, 4) is 5.75 Å². The molecule has 1 aromatic rings. The predicted octanol–water partition coefficient (Wildman–Crippen LogP) is 2.88. The molecule has 2 atom stereocenters. The molecule has 96 valence electrons. The van der Waals surface area contributed by atoms with Crippen LogP contribution in [0.5, 0.6) is 5.75 Å². The standard InChI is InChI=1S/C13H20BrNO2/c1-4-11(8-16)15-9(2)10-5-6-13(17-3)12(14)7-10/h5-7,9,11,15-16H,4,8H2,1-3H3/t9?,11-/m1/s1. The van der Waals surface area contributed by atoms with Crippen molar-refractivity contribution in [1.82, 2.24) is 5.32 Å². The van der Waals surface area contributed by atoms with Crippen LogP contribution in [0.15, 0.2) is 22.7 Å². The Hall–Kier alpha value is -0.580. The van der Waals surface area contributed by atoms with Gasteiger partial charge in [-0.15, -0.1) is 0 Å². The largest absolute Gasteiger partial charge is 0.496 e. The van der Waals surface area contributed by atoms with Crippen LogP contribution in [0, 0.1) is 0 Å². The molecule has 0 saturated heterocycles. The van der Waals surface area contributed by atoms with E-state index in [1.165, 1.54) is 5.56 Å². The Labute approximate surface area is 111 Å². The number of methoxy groups -OCH3 is 1. The van der Waals surface area contributed by atoms with Crippen molar-refractivity contribution in [2.45, 2.75) is 32.4 Å². The average Bonchev–Trinajstić information content (AvgIpc) is 2.35. The van der Waals surface area contributed by atoms with E-state index in [1.807, 2.05) is 18.2 Å². The van der Waals surface area contributed by atoms with E-state index in [0.717, 1.165) is 16.6 Å². The molecule has 0 amide bonds. The fraction of sp³-hybridized carbons (Fsp3) is 0.538. The van der Waals surface area contributed by atoms with Crippen LogP contribution in [0.1, 0.15) is 31.9 Å². The molecule has 0 aliphatic rings. The second-order valence-corrected chi connectivity index (χ2v) is 4.92. The second-order valence-electron chi connectivity index (χ2n) is 4.07. The number of aliphatic hydroxyl groups excluding tert-OH is 1. The third kappa shape index (κ3) is 3.98. The van der Waals surface area contributed by atoms with Crippen molar-refractivity contribution in [3.05, 3.63) is 28.2 Å². The van der Waals surface area contributed by atoms with Crippen molar-refractivity contribution in [2.75, 3.05) is 13.7 Å². The number of rotatable bonds is 6. The highest BCUT2D eigenvalue weighted by atomic mass is 79.9. The lowest BCUT2D eigenvalue weighted by Crippen LogP contribution is -2.33. The van der Waals surface area contributed by atoms with E-state index in [4.69, 9.17) is 9.84 Å². The third-order valence-electron chi connectivity index (χ3n) is 2.87. The van der Waals surface area contributed by atoms with Gasteiger partial charge in [0.25, 0.3) is 0 Å². The predicted molar refractivity (Wildman–Crippen MR) is 73.4 cm³/mol. The van der Waals surface area contributed by atoms with Gasteiger partial charge >= 0.3 is 0 Å². The molecule has 0 aliphatic heterocycles. The number of halogens is 1. The number of hydrogen-bond donors (Lipinski definition) is 2. The molecule has 0 aromatic heterocycles. The summed E-state index contributed by atoms with van der Waals surface area (Å²) < 4.78 is 6.14. The van der Waals surface area contributed by atoms with Crippen LogP contribution in [0.3, 0.4) is 0 Å². The van der Waals surface area contributed by atoms with Crippen LogP contribution in [-0.2, 0) is 0 Å². The van der Waals surface area contributed by atoms with Crippen molar-refractivity contribution >= 4 is 15.9 Å². The molecule has 1 rings (SSSR count). The molecule has 0 saturated carbocycles. The summed E-state index contributed by atoms with van der Waals surface area (Å²) in [4.78, 5) is 0. The minimum Gasteiger partial charge on any atom is -0.496 e. The Bertz CT molecular complexity index is 353. The fourth-order valence-corrected chi connectivity index (χ4v) is 2.26. The number of nitrogens with one attached hydrogen (secondary N) is 1. The zero-order valence-corrected chi connectivity index (χ0v) is 12.1. The quantitative estimate of drug-likeness (QED) is 0.849. The molecule has 0 heterocycles. The van der Waals surface area contributed by atoms with Gasteiger partial charge in [-0.1, -0.05) is 13.0 Å². The Morgan fingerprint density at radius 3 is 2.65 bits per heavy atom. The maximum absolute atomic E-state index is 9.17. The second kappa shape index (κ2) is 6.99. The van der Waals surface area contributed by atoms with E-state index < -0.39 is 0 Å². The molecule has 1 unspecified atom stereocenters. The molecule has 2 N–H and O–H groups in total. The summed E-state index contributed by atoms with van der Waals surface area (Å²) in [6.07, 6.45) is 0.915. The van der Waals surface area contributed by atoms with Gasteiger partial charge in [0.1, 0.15) is 5.75 Å². The Morgan fingerprint density at radius 2 is 2.18 bits per heavy atom. The molecule has 0 aliphatic carbocycles. The van der Waals surface area contributed by atoms with E-state index in [2.05, 4.69) is 35.1 Å². The molecule has 1 aromatic carbocycles. The molecule has 3 nitrogen and oxygen atoms in total. The maximum Gasteiger partial charge on any atom is 0.133 e. The number of benzene rings is 1. The summed E-state index contributed by atoms with van der Waals surface area (Å²) in [7, 11) is 1.65. The van der Waals surface area contributed by atoms with Crippen molar-refractivity contribution in [2.24, 2.45) is 0 Å². The lowest BCUT2D eigenvalue weighted by Gasteiger charge is -2.21. The van der Waals surface area contributed by atoms with Crippen LogP contribution in [0.2, 0.25) is 0 Å². The van der Waals surface area contributed by atoms with Crippen LogP contribution in [0.25, 0.3) is 0 Å². The lowest BCUT2D eigenvalue weighted by atomic mass is 10.1. The SMILES string of the molecule is CC[C@H](CO)NC(C)c1ccc(OC)c(Br)c1. The van der Waals surface area contributed by atoms with Gasteiger partial charge in [0.15, 0.2) is 0 Å². The first-order valence-electron chi connectivity index (χ1n) is 5.82. The van der Waals surface area contributed by atoms with Gasteiger partial charge in [-0.05, 0) is 47.0 Å². The van der Waals surface area contributed by atoms with Crippen LogP contribution >= 0.6 is 15.9 Å². The van der Waals surface area contributed by atoms with Gasteiger partial charge in [0, 0.05) is 12.1 Å². The monoisotopic (exact) mass is 301 g/mol. The average molecular weight is 302 g/mol. The third-order valence-corrected chi connectivity index (χ3v) is 3.49. The van der Waals surface area contributed by atoms with E-state index in [0.29, 0.717) is 0 Å². The van der Waals surface area contributed by atoms with Crippen molar-refractivity contribution < 1.29 is 9.84 Å². The zero-order valence-electron chi connectivity index (χ0n) is 10.5. The summed E-state index contributed by atoms with van der Waals surface area (Å²) in [5, 5.41) is 12.6. The molecule has 4 heteroatoms. The number of aliphatic hydroxyl groups is 1. The van der Waals surface area contributed by atoms with Crippen LogP contribution in [-0.4, -0.2) is 24.9 Å². The molecule has 0 spiro atoms. The van der Waals surface area contributed by atoms with Gasteiger partial charge in [-0.25, -0.2) is 0 Å². The molecule has 0 fully saturated rings. The summed E-state index contributed by atoms with van der Waals surface area (Å²) in [6, 6.07) is 6.36. The molecule has 17 heavy (non-hydrogen) atoms. The maximum atomic E-state index is 9.17. The number of hydrogen-bond acceptors (Lipinski definition) is 3. The highest BCUT2D eigenvalue weighted by molar-refractivity contribution is 9.10. The lowest BCUT2D eigenvalue weighted by molar-refractivity contribution is 0.230. The first kappa shape index (κ1) is 14.5. The van der Waals surface area contributed by atoms with Crippen LogP contribution in [0.4, 0.5) is 0 Å². The minimum absolute atomic E-state index is 0.144. The fourth-order valence-electron chi connectivity index (χ4n) is 1.70. The molecule has 0 radical (unpaired) electrons. The van der Waals surface area contributed by atoms with Gasteiger partial charge in [0.05, 0.1) is 18.2 Å². The Morgan fingerprint density at radius 1 is 1.47 bits per heavy atom. The smallest absolute Gasteiger partial charge is 0.133 e. The summed E-state index contributed by atoms with van der Waals surface area (Å²) >= 11 is 3.47. The molecular weight excluding hydrogens is 282 g/mol. The molecular formula is C13H20BrNO2. The van der Waals surface area contributed by atoms with E-state index in [-0.39, 0.29) is 18.7 Å². The van der Waals surface area contributed by atoms with Crippen LogP contribution < -0.4 is 10.1 Å². The van der Waals surface area contributed by atoms with Crippen molar-refractivity contribution in [1.29, 1.82) is 0 Å². The van der Waals surface area contributed by atoms with E-state index in [1.54, 1.807) is 7.11 Å². The summed E-state index contributed by atoms with van der Waals surface area (Å²) in [5.74, 6) is 0.829. The highest BCUT2D eigenvalue weighted by Crippen LogP contribution is 2.28. The Kier molecular flexibility index (Phi) is 5.95. The minimum atomic E-state index is 0.144. The first-order chi connectivity index (χ1) is 8.12. The van der Waals surface area contributed by atoms with Gasteiger partial charge in [0.2, 0.25) is 0 Å². The van der Waals surface area contributed by atoms with Crippen molar-refractivity contribution in [3.63, 3.8) is 0 Å². The van der Waals surface area contributed by atoms with Gasteiger partial charge < -0.3 is 15.2 Å². The van der Waals surface area contributed by atoms with Gasteiger partial charge in [-0.2, -0.15) is 0 Å². The highest BCUT2D eigenvalue weighted by Gasteiger charge is 2.12. The topological polar surface area (TPSA) is 41.5 Å². The van der Waals surface area contributed by atoms with Gasteiger partial charge in [-0.3, -0.25) is 0 Å². The molecule has 0 bridgehead atoms. The summed E-state index contributed by atoms with van der Waals surface area (Å²) in [6.45, 7) is 4.31. The Balaban J connectivity index is 2.75. The van der Waals surface area contributed by atoms with E-state index in [9.17, 15) is 0 Å². The zero-order chi connectivity index (χ0) is 12.8. The normalized spacial score (nSPS) is 14.4. The first-order valence-corrected chi connectivity index (χ1v) is 6.62. The summed E-state index contributed by atoms with van der Waals surface area (Å²) in [5.41, 5.74) is 1.17. The number of ether oxygens (including phenoxy) is 1.